The standard InChI is InChI=1S/C19H26ClN5OS2/c1-14-23-16(13-28-14)12-25(4)19(22-11-18(26)24(2)3)21-9-10-27-17-7-5-15(20)6-8-17/h5-8,13H,9-12H2,1-4H3,(H,21,22). The third-order valence-electron chi connectivity index (χ3n) is 3.76. The van der Waals surface area contributed by atoms with Gasteiger partial charge in [-0.25, -0.2) is 9.98 Å². The molecule has 0 unspecified atom stereocenters. The van der Waals surface area contributed by atoms with Crippen molar-refractivity contribution in [1.82, 2.24) is 20.1 Å². The maximum atomic E-state index is 11.9. The van der Waals surface area contributed by atoms with E-state index in [2.05, 4.69) is 15.3 Å². The van der Waals surface area contributed by atoms with Crippen molar-refractivity contribution in [3.8, 4) is 0 Å². The van der Waals surface area contributed by atoms with E-state index in [4.69, 9.17) is 11.6 Å². The van der Waals surface area contributed by atoms with Crippen LogP contribution in [0.5, 0.6) is 0 Å². The van der Waals surface area contributed by atoms with Gasteiger partial charge in [0, 0.05) is 48.7 Å². The summed E-state index contributed by atoms with van der Waals surface area (Å²) < 4.78 is 0. The first-order chi connectivity index (χ1) is 13.3. The van der Waals surface area contributed by atoms with Crippen LogP contribution < -0.4 is 5.32 Å². The predicted octanol–water partition coefficient (Wildman–Crippen LogP) is 3.36. The lowest BCUT2D eigenvalue weighted by Gasteiger charge is -2.22. The molecule has 1 aromatic heterocycles. The summed E-state index contributed by atoms with van der Waals surface area (Å²) in [6, 6.07) is 7.80. The average Bonchev–Trinajstić information content (AvgIpc) is 3.06. The highest BCUT2D eigenvalue weighted by atomic mass is 35.5. The van der Waals surface area contributed by atoms with E-state index in [1.54, 1.807) is 42.1 Å². The quantitative estimate of drug-likeness (QED) is 0.296. The lowest BCUT2D eigenvalue weighted by Crippen LogP contribution is -2.40. The van der Waals surface area contributed by atoms with Gasteiger partial charge in [-0.3, -0.25) is 4.79 Å². The van der Waals surface area contributed by atoms with Crippen molar-refractivity contribution in [2.24, 2.45) is 4.99 Å². The Morgan fingerprint density at radius 3 is 2.61 bits per heavy atom. The van der Waals surface area contributed by atoms with Crippen LogP contribution in [0.4, 0.5) is 0 Å². The van der Waals surface area contributed by atoms with Crippen molar-refractivity contribution in [2.75, 3.05) is 40.0 Å². The van der Waals surface area contributed by atoms with Gasteiger partial charge in [-0.2, -0.15) is 0 Å². The molecule has 0 bridgehead atoms. The number of hydrogen-bond donors (Lipinski definition) is 1. The fourth-order valence-corrected chi connectivity index (χ4v) is 3.75. The van der Waals surface area contributed by atoms with Gasteiger partial charge in [-0.05, 0) is 31.2 Å². The first kappa shape index (κ1) is 22.5. The summed E-state index contributed by atoms with van der Waals surface area (Å²) in [7, 11) is 5.41. The third kappa shape index (κ3) is 7.69. The minimum atomic E-state index is -0.0345. The number of carbonyl (C=O) groups excluding carboxylic acids is 1. The number of aryl methyl sites for hydroxylation is 1. The highest BCUT2D eigenvalue weighted by Gasteiger charge is 2.11. The molecule has 1 N–H and O–H groups in total. The number of benzene rings is 1. The lowest BCUT2D eigenvalue weighted by molar-refractivity contribution is -0.127. The highest BCUT2D eigenvalue weighted by Crippen LogP contribution is 2.19. The number of likely N-dealkylation sites (N-methyl/N-ethyl adjacent to an activating group) is 1. The molecule has 1 amide bonds. The summed E-state index contributed by atoms with van der Waals surface area (Å²) in [5.74, 6) is 1.52. The van der Waals surface area contributed by atoms with E-state index in [9.17, 15) is 4.79 Å². The van der Waals surface area contributed by atoms with E-state index in [1.165, 1.54) is 4.90 Å². The molecular formula is C19H26ClN5OS2. The molecule has 0 saturated heterocycles. The van der Waals surface area contributed by atoms with Gasteiger partial charge >= 0.3 is 0 Å². The molecular weight excluding hydrogens is 414 g/mol. The molecule has 2 rings (SSSR count). The zero-order valence-corrected chi connectivity index (χ0v) is 19.0. The van der Waals surface area contributed by atoms with Gasteiger partial charge in [0.1, 0.15) is 6.54 Å². The summed E-state index contributed by atoms with van der Waals surface area (Å²) in [6.45, 7) is 3.46. The van der Waals surface area contributed by atoms with E-state index < -0.39 is 0 Å². The predicted molar refractivity (Wildman–Crippen MR) is 119 cm³/mol. The Balaban J connectivity index is 1.93. The Morgan fingerprint density at radius 2 is 2.00 bits per heavy atom. The minimum absolute atomic E-state index is 0.0345. The maximum absolute atomic E-state index is 11.9. The highest BCUT2D eigenvalue weighted by molar-refractivity contribution is 7.99. The molecule has 0 fully saturated rings. The lowest BCUT2D eigenvalue weighted by atomic mass is 10.4. The number of guanidine groups is 1. The van der Waals surface area contributed by atoms with E-state index in [0.29, 0.717) is 12.5 Å². The maximum Gasteiger partial charge on any atom is 0.243 e. The van der Waals surface area contributed by atoms with E-state index in [1.807, 2.05) is 48.5 Å². The van der Waals surface area contributed by atoms with Gasteiger partial charge in [0.15, 0.2) is 5.96 Å². The number of amides is 1. The normalized spacial score (nSPS) is 11.4. The molecule has 152 valence electrons. The number of rotatable bonds is 8. The number of halogens is 1. The molecule has 6 nitrogen and oxygen atoms in total. The molecule has 1 heterocycles. The first-order valence-corrected chi connectivity index (χ1v) is 11.1. The summed E-state index contributed by atoms with van der Waals surface area (Å²) in [6.07, 6.45) is 0. The van der Waals surface area contributed by atoms with Crippen LogP contribution in [0.25, 0.3) is 0 Å². The molecule has 1 aromatic carbocycles. The van der Waals surface area contributed by atoms with Crippen LogP contribution in [0.15, 0.2) is 39.5 Å². The number of nitrogens with zero attached hydrogens (tertiary/aromatic N) is 4. The van der Waals surface area contributed by atoms with Crippen molar-refractivity contribution >= 4 is 46.6 Å². The topological polar surface area (TPSA) is 60.8 Å². The summed E-state index contributed by atoms with van der Waals surface area (Å²) in [5, 5.41) is 7.18. The van der Waals surface area contributed by atoms with Crippen LogP contribution in [-0.2, 0) is 11.3 Å². The number of aromatic nitrogens is 1. The Kier molecular flexibility index (Phi) is 9.08. The van der Waals surface area contributed by atoms with Crippen molar-refractivity contribution < 1.29 is 4.79 Å². The number of thiazole rings is 1. The average molecular weight is 440 g/mol. The Bertz CT molecular complexity index is 792. The van der Waals surface area contributed by atoms with Crippen molar-refractivity contribution in [3.63, 3.8) is 0 Å². The first-order valence-electron chi connectivity index (χ1n) is 8.84. The molecule has 0 spiro atoms. The van der Waals surface area contributed by atoms with Gasteiger partial charge in [0.25, 0.3) is 0 Å². The largest absolute Gasteiger partial charge is 0.355 e. The SMILES string of the molecule is Cc1nc(CN(C)C(=NCC(=O)N(C)C)NCCSc2ccc(Cl)cc2)cs1. The monoisotopic (exact) mass is 439 g/mol. The van der Waals surface area contributed by atoms with Crippen LogP contribution in [0.2, 0.25) is 5.02 Å². The molecule has 0 aliphatic heterocycles. The zero-order valence-electron chi connectivity index (χ0n) is 16.6. The van der Waals surface area contributed by atoms with Crippen LogP contribution in [-0.4, -0.2) is 66.6 Å². The molecule has 28 heavy (non-hydrogen) atoms. The molecule has 0 aliphatic carbocycles. The van der Waals surface area contributed by atoms with E-state index in [0.717, 1.165) is 28.0 Å². The second kappa shape index (κ2) is 11.3. The summed E-state index contributed by atoms with van der Waals surface area (Å²) in [4.78, 5) is 25.6. The summed E-state index contributed by atoms with van der Waals surface area (Å²) >= 11 is 9.29. The second-order valence-electron chi connectivity index (χ2n) is 6.37. The van der Waals surface area contributed by atoms with Crippen molar-refractivity contribution in [3.05, 3.63) is 45.4 Å². The number of thioether (sulfide) groups is 1. The van der Waals surface area contributed by atoms with Gasteiger partial charge in [0.05, 0.1) is 17.2 Å². The van der Waals surface area contributed by atoms with Crippen LogP contribution in [0.3, 0.4) is 0 Å². The smallest absolute Gasteiger partial charge is 0.243 e. The molecule has 2 aromatic rings. The van der Waals surface area contributed by atoms with Crippen molar-refractivity contribution in [2.45, 2.75) is 18.4 Å². The van der Waals surface area contributed by atoms with Gasteiger partial charge < -0.3 is 15.1 Å². The Labute approximate surface area is 180 Å². The minimum Gasteiger partial charge on any atom is -0.355 e. The third-order valence-corrected chi connectivity index (χ3v) is 5.85. The molecule has 0 saturated carbocycles. The van der Waals surface area contributed by atoms with E-state index in [-0.39, 0.29) is 12.5 Å². The number of carbonyl (C=O) groups is 1. The molecule has 0 radical (unpaired) electrons. The van der Waals surface area contributed by atoms with Gasteiger partial charge in [0.2, 0.25) is 5.91 Å². The molecule has 0 atom stereocenters. The Morgan fingerprint density at radius 1 is 1.29 bits per heavy atom. The van der Waals surface area contributed by atoms with E-state index >= 15 is 0 Å². The summed E-state index contributed by atoms with van der Waals surface area (Å²) in [5.41, 5.74) is 0.994. The fraction of sp³-hybridized carbons (Fsp3) is 0.421. The molecule has 9 heteroatoms. The zero-order chi connectivity index (χ0) is 20.5. The van der Waals surface area contributed by atoms with Crippen LogP contribution >= 0.6 is 34.7 Å². The van der Waals surface area contributed by atoms with Crippen molar-refractivity contribution in [1.29, 1.82) is 0 Å². The number of nitrogens with one attached hydrogen (secondary N) is 1. The number of hydrogen-bond acceptors (Lipinski definition) is 5. The second-order valence-corrected chi connectivity index (χ2v) is 9.04. The molecule has 0 aliphatic rings. The van der Waals surface area contributed by atoms with Crippen LogP contribution in [0, 0.1) is 6.92 Å². The van der Waals surface area contributed by atoms with Gasteiger partial charge in [-0.15, -0.1) is 23.1 Å². The number of aliphatic imine (C=N–C) groups is 1. The van der Waals surface area contributed by atoms with Crippen LogP contribution in [0.1, 0.15) is 10.7 Å². The van der Waals surface area contributed by atoms with Gasteiger partial charge in [-0.1, -0.05) is 11.6 Å². The fourth-order valence-electron chi connectivity index (χ4n) is 2.26. The Hall–Kier alpha value is -1.77.